The Bertz CT molecular complexity index is 974. The number of nitrogens with zero attached hydrogens (tertiary/aromatic N) is 1. The number of allylic oxidation sites excluding steroid dienone is 2. The first-order valence-electron chi connectivity index (χ1n) is 10.1. The molecule has 1 nitrogen and oxygen atoms in total. The van der Waals surface area contributed by atoms with Gasteiger partial charge in [-0.1, -0.05) is 74.0 Å². The molecule has 1 fully saturated rings. The summed E-state index contributed by atoms with van der Waals surface area (Å²) >= 11 is 0. The van der Waals surface area contributed by atoms with Gasteiger partial charge in [0.25, 0.3) is 0 Å². The topological polar surface area (TPSA) is 4.93 Å². The molecule has 2 aliphatic carbocycles. The third-order valence-electron chi connectivity index (χ3n) is 6.57. The molecule has 0 radical (unpaired) electrons. The largest absolute Gasteiger partial charge is 0.346 e. The molecule has 0 saturated heterocycles. The van der Waals surface area contributed by atoms with E-state index in [4.69, 9.17) is 0 Å². The summed E-state index contributed by atoms with van der Waals surface area (Å²) in [4.78, 5) is 0. The van der Waals surface area contributed by atoms with Gasteiger partial charge in [0.05, 0.1) is 5.41 Å². The molecule has 5 rings (SSSR count). The minimum atomic E-state index is 0.0363. The lowest BCUT2D eigenvalue weighted by Crippen LogP contribution is -2.34. The molecule has 3 aromatic rings. The first-order chi connectivity index (χ1) is 12.8. The van der Waals surface area contributed by atoms with Gasteiger partial charge in [0.2, 0.25) is 0 Å². The maximum Gasteiger partial charge on any atom is 0.0566 e. The molecule has 0 amide bonds. The van der Waals surface area contributed by atoms with E-state index in [1.54, 1.807) is 11.3 Å². The van der Waals surface area contributed by atoms with E-state index in [1.807, 2.05) is 0 Å². The molecule has 0 bridgehead atoms. The maximum atomic E-state index is 2.57. The summed E-state index contributed by atoms with van der Waals surface area (Å²) in [6.07, 6.45) is 10.2. The standard InChI is InChI=1S/C25H27N/c1-3-9-18-16-17-25(20-14-15-20,19-10-5-4-6-11-19)24-23(18)21-12-7-8-13-22(21)26(24)2/h4-8,10-13,16-18,20H,3,9,14-15H2,1-2H3. The highest BCUT2D eigenvalue weighted by Crippen LogP contribution is 2.57. The highest BCUT2D eigenvalue weighted by atomic mass is 15.0. The van der Waals surface area contributed by atoms with Gasteiger partial charge in [0.15, 0.2) is 0 Å². The predicted octanol–water partition coefficient (Wildman–Crippen LogP) is 6.33. The molecule has 2 aromatic carbocycles. The van der Waals surface area contributed by atoms with E-state index in [9.17, 15) is 0 Å². The second kappa shape index (κ2) is 5.87. The molecule has 1 heteroatoms. The summed E-state index contributed by atoms with van der Waals surface area (Å²) in [6.45, 7) is 2.30. The van der Waals surface area contributed by atoms with Crippen LogP contribution >= 0.6 is 0 Å². The zero-order chi connectivity index (χ0) is 17.7. The van der Waals surface area contributed by atoms with Crippen LogP contribution < -0.4 is 0 Å². The Labute approximate surface area is 156 Å². The van der Waals surface area contributed by atoms with Gasteiger partial charge in [-0.2, -0.15) is 0 Å². The summed E-state index contributed by atoms with van der Waals surface area (Å²) in [7, 11) is 2.28. The van der Waals surface area contributed by atoms with Crippen LogP contribution in [0.3, 0.4) is 0 Å². The molecule has 2 aliphatic rings. The average Bonchev–Trinajstić information content (AvgIpc) is 3.49. The minimum Gasteiger partial charge on any atom is -0.346 e. The lowest BCUT2D eigenvalue weighted by molar-refractivity contribution is 0.496. The number of fused-ring (bicyclic) bond motifs is 3. The zero-order valence-electron chi connectivity index (χ0n) is 15.8. The highest BCUT2D eigenvalue weighted by Gasteiger charge is 2.50. The van der Waals surface area contributed by atoms with Crippen molar-refractivity contribution in [2.24, 2.45) is 13.0 Å². The first kappa shape index (κ1) is 15.9. The summed E-state index contributed by atoms with van der Waals surface area (Å²) in [5, 5.41) is 1.45. The van der Waals surface area contributed by atoms with Gasteiger partial charge in [0, 0.05) is 29.6 Å². The van der Waals surface area contributed by atoms with Crippen LogP contribution in [-0.4, -0.2) is 4.57 Å². The fraction of sp³-hybridized carbons (Fsp3) is 0.360. The van der Waals surface area contributed by atoms with Crippen molar-refractivity contribution in [3.63, 3.8) is 0 Å². The van der Waals surface area contributed by atoms with Crippen molar-refractivity contribution in [1.82, 2.24) is 4.57 Å². The van der Waals surface area contributed by atoms with Crippen molar-refractivity contribution in [2.75, 3.05) is 0 Å². The summed E-state index contributed by atoms with van der Waals surface area (Å²) < 4.78 is 2.50. The Kier molecular flexibility index (Phi) is 3.60. The quantitative estimate of drug-likeness (QED) is 0.489. The van der Waals surface area contributed by atoms with Crippen LogP contribution in [0.5, 0.6) is 0 Å². The number of aryl methyl sites for hydroxylation is 1. The number of aromatic nitrogens is 1. The molecule has 1 aromatic heterocycles. The van der Waals surface area contributed by atoms with Crippen LogP contribution in [0.15, 0.2) is 66.7 Å². The van der Waals surface area contributed by atoms with Gasteiger partial charge in [-0.25, -0.2) is 0 Å². The van der Waals surface area contributed by atoms with Crippen LogP contribution in [0.1, 0.15) is 55.3 Å². The van der Waals surface area contributed by atoms with E-state index in [0.717, 1.165) is 5.92 Å². The van der Waals surface area contributed by atoms with Gasteiger partial charge in [0.1, 0.15) is 0 Å². The number of para-hydroxylation sites is 1. The number of hydrogen-bond acceptors (Lipinski definition) is 0. The molecule has 2 unspecified atom stereocenters. The molecule has 26 heavy (non-hydrogen) atoms. The van der Waals surface area contributed by atoms with Crippen molar-refractivity contribution in [1.29, 1.82) is 0 Å². The third kappa shape index (κ3) is 2.09. The third-order valence-corrected chi connectivity index (χ3v) is 6.57. The Hall–Kier alpha value is -2.28. The van der Waals surface area contributed by atoms with Crippen molar-refractivity contribution < 1.29 is 0 Å². The lowest BCUT2D eigenvalue weighted by atomic mass is 9.66. The Morgan fingerprint density at radius 1 is 1.00 bits per heavy atom. The van der Waals surface area contributed by atoms with Crippen LogP contribution in [0.25, 0.3) is 10.9 Å². The molecule has 0 spiro atoms. The van der Waals surface area contributed by atoms with Gasteiger partial charge in [-0.15, -0.1) is 0 Å². The molecule has 1 saturated carbocycles. The molecule has 0 N–H and O–H groups in total. The number of hydrogen-bond donors (Lipinski definition) is 0. The second-order valence-corrected chi connectivity index (χ2v) is 8.10. The average molecular weight is 341 g/mol. The second-order valence-electron chi connectivity index (χ2n) is 8.10. The maximum absolute atomic E-state index is 2.57. The van der Waals surface area contributed by atoms with Crippen molar-refractivity contribution in [2.45, 2.75) is 43.9 Å². The van der Waals surface area contributed by atoms with Crippen LogP contribution in [-0.2, 0) is 12.5 Å². The van der Waals surface area contributed by atoms with E-state index >= 15 is 0 Å². The van der Waals surface area contributed by atoms with Crippen LogP contribution in [0.2, 0.25) is 0 Å². The summed E-state index contributed by atoms with van der Waals surface area (Å²) in [5.41, 5.74) is 6.01. The fourth-order valence-electron chi connectivity index (χ4n) is 5.34. The molecular weight excluding hydrogens is 314 g/mol. The summed E-state index contributed by atoms with van der Waals surface area (Å²) in [5.74, 6) is 1.27. The molecule has 132 valence electrons. The number of rotatable bonds is 4. The van der Waals surface area contributed by atoms with Crippen molar-refractivity contribution >= 4 is 10.9 Å². The Balaban J connectivity index is 1.86. The Morgan fingerprint density at radius 2 is 1.73 bits per heavy atom. The molecule has 0 aliphatic heterocycles. The highest BCUT2D eigenvalue weighted by molar-refractivity contribution is 5.88. The van der Waals surface area contributed by atoms with E-state index < -0.39 is 0 Å². The van der Waals surface area contributed by atoms with Gasteiger partial charge < -0.3 is 4.57 Å². The number of benzene rings is 2. The van der Waals surface area contributed by atoms with Crippen LogP contribution in [0, 0.1) is 5.92 Å². The zero-order valence-corrected chi connectivity index (χ0v) is 15.8. The predicted molar refractivity (Wildman–Crippen MR) is 110 cm³/mol. The first-order valence-corrected chi connectivity index (χ1v) is 10.1. The van der Waals surface area contributed by atoms with Crippen LogP contribution in [0.4, 0.5) is 0 Å². The molecular formula is C25H27N. The molecule has 2 atom stereocenters. The van der Waals surface area contributed by atoms with Gasteiger partial charge in [-0.3, -0.25) is 0 Å². The van der Waals surface area contributed by atoms with E-state index in [-0.39, 0.29) is 5.41 Å². The molecule has 1 heterocycles. The van der Waals surface area contributed by atoms with Gasteiger partial charge >= 0.3 is 0 Å². The lowest BCUT2D eigenvalue weighted by Gasteiger charge is -2.38. The Morgan fingerprint density at radius 3 is 2.46 bits per heavy atom. The van der Waals surface area contributed by atoms with E-state index in [1.165, 1.54) is 42.1 Å². The SMILES string of the molecule is CCCC1C=CC(c2ccccc2)(C2CC2)c2c1c1ccccc1n2C. The van der Waals surface area contributed by atoms with E-state index in [2.05, 4.69) is 85.3 Å². The normalized spacial score (nSPS) is 24.8. The van der Waals surface area contributed by atoms with E-state index in [0.29, 0.717) is 5.92 Å². The van der Waals surface area contributed by atoms with Crippen molar-refractivity contribution in [3.05, 3.63) is 83.6 Å². The smallest absolute Gasteiger partial charge is 0.0566 e. The minimum absolute atomic E-state index is 0.0363. The summed E-state index contributed by atoms with van der Waals surface area (Å²) in [6, 6.07) is 20.2. The van der Waals surface area contributed by atoms with Crippen molar-refractivity contribution in [3.8, 4) is 0 Å². The van der Waals surface area contributed by atoms with Gasteiger partial charge in [-0.05, 0) is 42.4 Å². The fourth-order valence-corrected chi connectivity index (χ4v) is 5.34. The monoisotopic (exact) mass is 341 g/mol.